The molecule has 0 atom stereocenters. The number of aromatic carboxylic acids is 1. The average Bonchev–Trinajstić information content (AvgIpc) is 2.61. The topological polar surface area (TPSA) is 90.2 Å². The number of nitrogens with zero attached hydrogens (tertiary/aromatic N) is 1. The molecular weight excluding hydrogens is 324 g/mol. The second kappa shape index (κ2) is 8.75. The van der Waals surface area contributed by atoms with Crippen LogP contribution in [0, 0.1) is 11.3 Å². The van der Waals surface area contributed by atoms with E-state index in [2.05, 4.69) is 11.4 Å². The van der Waals surface area contributed by atoms with Crippen molar-refractivity contribution in [3.8, 4) is 6.07 Å². The van der Waals surface area contributed by atoms with Crippen molar-refractivity contribution in [3.63, 3.8) is 0 Å². The zero-order valence-corrected chi connectivity index (χ0v) is 13.7. The third-order valence-electron chi connectivity index (χ3n) is 3.28. The van der Waals surface area contributed by atoms with Crippen molar-refractivity contribution in [2.45, 2.75) is 12.3 Å². The highest BCUT2D eigenvalue weighted by molar-refractivity contribution is 7.99. The number of carboxylic acids is 1. The third-order valence-corrected chi connectivity index (χ3v) is 4.28. The van der Waals surface area contributed by atoms with E-state index in [-0.39, 0.29) is 11.5 Å². The van der Waals surface area contributed by atoms with Gasteiger partial charge in [-0.1, -0.05) is 24.3 Å². The third kappa shape index (κ3) is 5.45. The lowest BCUT2D eigenvalue weighted by molar-refractivity contribution is -0.118. The highest BCUT2D eigenvalue weighted by Crippen LogP contribution is 2.13. The first-order chi connectivity index (χ1) is 11.6. The summed E-state index contributed by atoms with van der Waals surface area (Å²) in [6, 6.07) is 15.8. The minimum absolute atomic E-state index is 0.0732. The van der Waals surface area contributed by atoms with Crippen molar-refractivity contribution in [1.82, 2.24) is 5.32 Å². The second-order valence-electron chi connectivity index (χ2n) is 5.08. The molecule has 0 fully saturated rings. The van der Waals surface area contributed by atoms with Gasteiger partial charge in [0, 0.05) is 12.3 Å². The van der Waals surface area contributed by atoms with Crippen LogP contribution < -0.4 is 5.32 Å². The summed E-state index contributed by atoms with van der Waals surface area (Å²) < 4.78 is 0. The van der Waals surface area contributed by atoms with E-state index in [1.54, 1.807) is 24.3 Å². The molecule has 0 bridgehead atoms. The summed E-state index contributed by atoms with van der Waals surface area (Å²) in [7, 11) is 0. The Labute approximate surface area is 144 Å². The molecule has 2 rings (SSSR count). The zero-order chi connectivity index (χ0) is 17.4. The monoisotopic (exact) mass is 340 g/mol. The number of nitrogens with one attached hydrogen (secondary N) is 1. The van der Waals surface area contributed by atoms with Gasteiger partial charge in [0.1, 0.15) is 0 Å². The maximum atomic E-state index is 11.8. The maximum absolute atomic E-state index is 11.8. The fraction of sp³-hybridized carbons (Fsp3) is 0.167. The van der Waals surface area contributed by atoms with Gasteiger partial charge in [-0.05, 0) is 35.4 Å². The number of nitriles is 1. The van der Waals surface area contributed by atoms with Gasteiger partial charge in [-0.15, -0.1) is 11.8 Å². The van der Waals surface area contributed by atoms with Gasteiger partial charge in [-0.3, -0.25) is 4.79 Å². The Morgan fingerprint density at radius 1 is 1.04 bits per heavy atom. The minimum Gasteiger partial charge on any atom is -0.478 e. The van der Waals surface area contributed by atoms with Crippen molar-refractivity contribution in [2.24, 2.45) is 0 Å². The number of amides is 1. The van der Waals surface area contributed by atoms with Gasteiger partial charge in [-0.2, -0.15) is 5.26 Å². The molecule has 0 aliphatic carbocycles. The molecule has 0 radical (unpaired) electrons. The summed E-state index contributed by atoms with van der Waals surface area (Å²) in [5.74, 6) is 0.000340. The highest BCUT2D eigenvalue weighted by atomic mass is 32.2. The van der Waals surface area contributed by atoms with Crippen molar-refractivity contribution >= 4 is 23.6 Å². The summed E-state index contributed by atoms with van der Waals surface area (Å²) in [5.41, 5.74) is 2.76. The number of carbonyl (C=O) groups excluding carboxylic acids is 1. The van der Waals surface area contributed by atoms with E-state index in [1.807, 2.05) is 12.1 Å². The minimum atomic E-state index is -0.968. The molecule has 0 saturated heterocycles. The lowest BCUT2D eigenvalue weighted by Gasteiger charge is -2.06. The SMILES string of the molecule is N#Cc1ccc(CSCC(=O)NCc2ccc(C(=O)O)cc2)cc1. The molecule has 5 nitrogen and oxygen atoms in total. The molecule has 1 amide bonds. The molecule has 24 heavy (non-hydrogen) atoms. The van der Waals surface area contributed by atoms with E-state index in [4.69, 9.17) is 10.4 Å². The molecule has 0 unspecified atom stereocenters. The fourth-order valence-electron chi connectivity index (χ4n) is 1.95. The van der Waals surface area contributed by atoms with Crippen LogP contribution in [0.2, 0.25) is 0 Å². The normalized spacial score (nSPS) is 9.96. The molecule has 0 aromatic heterocycles. The Kier molecular flexibility index (Phi) is 6.41. The smallest absolute Gasteiger partial charge is 0.335 e. The van der Waals surface area contributed by atoms with Gasteiger partial charge in [0.15, 0.2) is 0 Å². The van der Waals surface area contributed by atoms with Gasteiger partial charge in [0.05, 0.1) is 22.9 Å². The van der Waals surface area contributed by atoms with Crippen LogP contribution in [0.15, 0.2) is 48.5 Å². The van der Waals surface area contributed by atoms with E-state index in [0.29, 0.717) is 23.6 Å². The van der Waals surface area contributed by atoms with Gasteiger partial charge in [0.2, 0.25) is 5.91 Å². The van der Waals surface area contributed by atoms with Crippen LogP contribution in [-0.4, -0.2) is 22.7 Å². The molecule has 122 valence electrons. The summed E-state index contributed by atoms with van der Waals surface area (Å²) in [6.45, 7) is 0.371. The van der Waals surface area contributed by atoms with Crippen LogP contribution in [0.3, 0.4) is 0 Å². The largest absolute Gasteiger partial charge is 0.478 e. The Hall–Kier alpha value is -2.78. The van der Waals surface area contributed by atoms with Crippen LogP contribution in [0.5, 0.6) is 0 Å². The predicted molar refractivity (Wildman–Crippen MR) is 92.6 cm³/mol. The van der Waals surface area contributed by atoms with Crippen LogP contribution in [0.25, 0.3) is 0 Å². The summed E-state index contributed by atoms with van der Waals surface area (Å²) in [6.07, 6.45) is 0. The molecule has 0 heterocycles. The van der Waals surface area contributed by atoms with E-state index in [0.717, 1.165) is 11.1 Å². The van der Waals surface area contributed by atoms with E-state index in [1.165, 1.54) is 23.9 Å². The standard InChI is InChI=1S/C18H16N2O3S/c19-9-13-1-3-15(4-2-13)11-24-12-17(21)20-10-14-5-7-16(8-6-14)18(22)23/h1-8H,10-12H2,(H,20,21)(H,22,23). The maximum Gasteiger partial charge on any atom is 0.335 e. The predicted octanol–water partition coefficient (Wildman–Crippen LogP) is 2.81. The molecule has 0 spiro atoms. The molecule has 2 N–H and O–H groups in total. The fourth-order valence-corrected chi connectivity index (χ4v) is 2.77. The first-order valence-electron chi connectivity index (χ1n) is 7.24. The van der Waals surface area contributed by atoms with Crippen LogP contribution in [0.4, 0.5) is 0 Å². The molecular formula is C18H16N2O3S. The number of carbonyl (C=O) groups is 2. The Morgan fingerprint density at radius 3 is 2.25 bits per heavy atom. The highest BCUT2D eigenvalue weighted by Gasteiger charge is 2.04. The Balaban J connectivity index is 1.71. The van der Waals surface area contributed by atoms with Crippen molar-refractivity contribution in [2.75, 3.05) is 5.75 Å². The van der Waals surface area contributed by atoms with Crippen LogP contribution in [-0.2, 0) is 17.1 Å². The molecule has 0 aliphatic heterocycles. The quantitative estimate of drug-likeness (QED) is 0.809. The molecule has 2 aromatic carbocycles. The van der Waals surface area contributed by atoms with E-state index < -0.39 is 5.97 Å². The number of hydrogen-bond acceptors (Lipinski definition) is 4. The Bertz CT molecular complexity index is 749. The second-order valence-corrected chi connectivity index (χ2v) is 6.07. The van der Waals surface area contributed by atoms with Crippen LogP contribution in [0.1, 0.15) is 27.0 Å². The van der Waals surface area contributed by atoms with Gasteiger partial charge in [0.25, 0.3) is 0 Å². The number of benzene rings is 2. The van der Waals surface area contributed by atoms with Gasteiger partial charge >= 0.3 is 5.97 Å². The molecule has 6 heteroatoms. The summed E-state index contributed by atoms with van der Waals surface area (Å²) in [5, 5.41) is 20.4. The van der Waals surface area contributed by atoms with Crippen molar-refractivity contribution < 1.29 is 14.7 Å². The Morgan fingerprint density at radius 2 is 1.67 bits per heavy atom. The number of rotatable bonds is 7. The molecule has 0 aliphatic rings. The van der Waals surface area contributed by atoms with Gasteiger partial charge < -0.3 is 10.4 Å². The van der Waals surface area contributed by atoms with E-state index in [9.17, 15) is 9.59 Å². The average molecular weight is 340 g/mol. The lowest BCUT2D eigenvalue weighted by Crippen LogP contribution is -2.24. The molecule has 2 aromatic rings. The molecule has 0 saturated carbocycles. The number of hydrogen-bond donors (Lipinski definition) is 2. The van der Waals surface area contributed by atoms with Gasteiger partial charge in [-0.25, -0.2) is 4.79 Å². The lowest BCUT2D eigenvalue weighted by atomic mass is 10.1. The summed E-state index contributed by atoms with van der Waals surface area (Å²) in [4.78, 5) is 22.6. The first-order valence-corrected chi connectivity index (χ1v) is 8.39. The van der Waals surface area contributed by atoms with E-state index >= 15 is 0 Å². The number of carboxylic acid groups (broad SMARTS) is 1. The van der Waals surface area contributed by atoms with Crippen molar-refractivity contribution in [1.29, 1.82) is 5.26 Å². The first kappa shape index (κ1) is 17.6. The zero-order valence-electron chi connectivity index (χ0n) is 12.9. The van der Waals surface area contributed by atoms with Crippen LogP contribution >= 0.6 is 11.8 Å². The van der Waals surface area contributed by atoms with Crippen molar-refractivity contribution in [3.05, 3.63) is 70.8 Å². The summed E-state index contributed by atoms with van der Waals surface area (Å²) >= 11 is 1.50. The number of thioether (sulfide) groups is 1.